The van der Waals surface area contributed by atoms with E-state index in [9.17, 15) is 4.79 Å². The Morgan fingerprint density at radius 1 is 1.38 bits per heavy atom. The van der Waals surface area contributed by atoms with Crippen LogP contribution in [0.15, 0.2) is 30.5 Å². The van der Waals surface area contributed by atoms with E-state index in [1.807, 2.05) is 30.5 Å². The summed E-state index contributed by atoms with van der Waals surface area (Å²) in [4.78, 5) is 13.1. The molecule has 1 N–H and O–H groups in total. The topological polar surface area (TPSA) is 42.1 Å². The van der Waals surface area contributed by atoms with Gasteiger partial charge in [-0.25, -0.2) is 0 Å². The van der Waals surface area contributed by atoms with Crippen LogP contribution >= 0.6 is 0 Å². The molecule has 2 aromatic rings. The summed E-state index contributed by atoms with van der Waals surface area (Å²) in [6.07, 6.45) is 1.86. The van der Waals surface area contributed by atoms with Crippen molar-refractivity contribution in [3.05, 3.63) is 36.0 Å². The first-order chi connectivity index (χ1) is 6.42. The number of fused-ring (bicyclic) bond motifs is 1. The summed E-state index contributed by atoms with van der Waals surface area (Å²) in [5.74, 6) is 0. The summed E-state index contributed by atoms with van der Waals surface area (Å²) in [5.41, 5.74) is 2.06. The van der Waals surface area contributed by atoms with Gasteiger partial charge in [0.15, 0.2) is 0 Å². The zero-order valence-electron chi connectivity index (χ0n) is 6.99. The average molecular weight is 175 g/mol. The van der Waals surface area contributed by atoms with Crippen molar-refractivity contribution in [3.63, 3.8) is 0 Å². The molecule has 1 heterocycles. The Morgan fingerprint density at radius 2 is 2.23 bits per heavy atom. The second-order valence-electron chi connectivity index (χ2n) is 2.77. The molecule has 0 spiro atoms. The van der Waals surface area contributed by atoms with E-state index < -0.39 is 0 Å². The highest BCUT2D eigenvalue weighted by Crippen LogP contribution is 2.17. The van der Waals surface area contributed by atoms with Gasteiger partial charge >= 0.3 is 0 Å². The maximum Gasteiger partial charge on any atom is 0.293 e. The normalized spacial score (nSPS) is 10.2. The Kier molecular flexibility index (Phi) is 2.00. The molecule has 0 unspecified atom stereocenters. The lowest BCUT2D eigenvalue weighted by atomic mass is 10.2. The molecule has 0 fully saturated rings. The quantitative estimate of drug-likeness (QED) is 0.723. The molecule has 1 aromatic heterocycles. The van der Waals surface area contributed by atoms with E-state index in [0.29, 0.717) is 13.1 Å². The Bertz CT molecular complexity index is 420. The number of carbonyl (C=O) groups is 1. The lowest BCUT2D eigenvalue weighted by Gasteiger charge is -1.95. The second kappa shape index (κ2) is 3.31. The number of nitrogens with one attached hydrogen (secondary N) is 1. The molecule has 0 atom stereocenters. The molecule has 0 aliphatic rings. The van der Waals surface area contributed by atoms with Gasteiger partial charge in [-0.2, -0.15) is 0 Å². The van der Waals surface area contributed by atoms with Crippen LogP contribution in [0.25, 0.3) is 10.9 Å². The molecule has 2 rings (SSSR count). The molecular weight excluding hydrogens is 166 g/mol. The first-order valence-electron chi connectivity index (χ1n) is 4.02. The van der Waals surface area contributed by atoms with Gasteiger partial charge in [0.1, 0.15) is 6.61 Å². The van der Waals surface area contributed by atoms with Crippen molar-refractivity contribution in [2.75, 3.05) is 0 Å². The second-order valence-corrected chi connectivity index (χ2v) is 2.77. The fourth-order valence-electron chi connectivity index (χ4n) is 1.37. The molecular formula is C10H9NO2. The van der Waals surface area contributed by atoms with E-state index in [4.69, 9.17) is 0 Å². The summed E-state index contributed by atoms with van der Waals surface area (Å²) in [5, 5.41) is 1.10. The molecule has 0 saturated heterocycles. The highest BCUT2D eigenvalue weighted by atomic mass is 16.5. The molecule has 0 amide bonds. The molecule has 0 bridgehead atoms. The van der Waals surface area contributed by atoms with E-state index in [2.05, 4.69) is 9.72 Å². The van der Waals surface area contributed by atoms with E-state index in [-0.39, 0.29) is 0 Å². The number of hydrogen-bond donors (Lipinski definition) is 1. The molecule has 3 nitrogen and oxygen atoms in total. The van der Waals surface area contributed by atoms with Crippen LogP contribution < -0.4 is 0 Å². The molecule has 66 valence electrons. The number of rotatable bonds is 3. The van der Waals surface area contributed by atoms with Gasteiger partial charge in [0.2, 0.25) is 0 Å². The number of benzene rings is 1. The van der Waals surface area contributed by atoms with E-state index in [1.54, 1.807) is 0 Å². The Labute approximate surface area is 75.3 Å². The standard InChI is InChI=1S/C10H9NO2/c12-7-13-6-8-5-11-10-4-2-1-3-9(8)10/h1-5,7,11H,6H2. The smallest absolute Gasteiger partial charge is 0.293 e. The van der Waals surface area contributed by atoms with Gasteiger partial charge in [-0.15, -0.1) is 0 Å². The number of para-hydroxylation sites is 1. The first-order valence-corrected chi connectivity index (χ1v) is 4.02. The van der Waals surface area contributed by atoms with Gasteiger partial charge < -0.3 is 9.72 Å². The third-order valence-electron chi connectivity index (χ3n) is 1.98. The molecule has 0 aliphatic heterocycles. The van der Waals surface area contributed by atoms with Crippen molar-refractivity contribution in [2.24, 2.45) is 0 Å². The lowest BCUT2D eigenvalue weighted by molar-refractivity contribution is -0.129. The van der Waals surface area contributed by atoms with Crippen LogP contribution in [-0.2, 0) is 16.1 Å². The average Bonchev–Trinajstić information content (AvgIpc) is 2.58. The van der Waals surface area contributed by atoms with Gasteiger partial charge in [-0.3, -0.25) is 4.79 Å². The van der Waals surface area contributed by atoms with Gasteiger partial charge in [-0.1, -0.05) is 18.2 Å². The third kappa shape index (κ3) is 1.40. The van der Waals surface area contributed by atoms with Crippen molar-refractivity contribution in [1.82, 2.24) is 4.98 Å². The number of H-pyrrole nitrogens is 1. The van der Waals surface area contributed by atoms with Crippen LogP contribution in [0, 0.1) is 0 Å². The van der Waals surface area contributed by atoms with E-state index in [0.717, 1.165) is 16.5 Å². The number of hydrogen-bond acceptors (Lipinski definition) is 2. The lowest BCUT2D eigenvalue weighted by Crippen LogP contribution is -1.87. The van der Waals surface area contributed by atoms with Crippen molar-refractivity contribution in [2.45, 2.75) is 6.61 Å². The Balaban J connectivity index is 2.40. The number of ether oxygens (including phenoxy) is 1. The minimum absolute atomic E-state index is 0.327. The predicted molar refractivity (Wildman–Crippen MR) is 49.2 cm³/mol. The van der Waals surface area contributed by atoms with Crippen LogP contribution in [0.3, 0.4) is 0 Å². The van der Waals surface area contributed by atoms with Gasteiger partial charge in [-0.05, 0) is 6.07 Å². The van der Waals surface area contributed by atoms with Crippen LogP contribution in [0.5, 0.6) is 0 Å². The summed E-state index contributed by atoms with van der Waals surface area (Å²) < 4.78 is 4.69. The zero-order chi connectivity index (χ0) is 9.10. The van der Waals surface area contributed by atoms with Crippen molar-refractivity contribution < 1.29 is 9.53 Å². The predicted octanol–water partition coefficient (Wildman–Crippen LogP) is 1.84. The maximum atomic E-state index is 10.0. The minimum atomic E-state index is 0.327. The minimum Gasteiger partial charge on any atom is -0.463 e. The summed E-state index contributed by atoms with van der Waals surface area (Å²) in [6.45, 7) is 0.787. The highest BCUT2D eigenvalue weighted by molar-refractivity contribution is 5.82. The van der Waals surface area contributed by atoms with Crippen molar-refractivity contribution in [1.29, 1.82) is 0 Å². The highest BCUT2D eigenvalue weighted by Gasteiger charge is 2.01. The van der Waals surface area contributed by atoms with Crippen molar-refractivity contribution >= 4 is 17.4 Å². The van der Waals surface area contributed by atoms with Gasteiger partial charge in [0.25, 0.3) is 6.47 Å². The van der Waals surface area contributed by atoms with Gasteiger partial charge in [0, 0.05) is 22.7 Å². The van der Waals surface area contributed by atoms with E-state index in [1.165, 1.54) is 0 Å². The summed E-state index contributed by atoms with van der Waals surface area (Å²) in [7, 11) is 0. The molecule has 0 radical (unpaired) electrons. The SMILES string of the molecule is O=COCc1c[nH]c2ccccc12. The summed E-state index contributed by atoms with van der Waals surface area (Å²) in [6, 6.07) is 7.90. The molecule has 0 aliphatic carbocycles. The maximum absolute atomic E-state index is 10.0. The summed E-state index contributed by atoms with van der Waals surface area (Å²) >= 11 is 0. The number of aromatic amines is 1. The zero-order valence-corrected chi connectivity index (χ0v) is 6.99. The fourth-order valence-corrected chi connectivity index (χ4v) is 1.37. The molecule has 13 heavy (non-hydrogen) atoms. The van der Waals surface area contributed by atoms with E-state index >= 15 is 0 Å². The molecule has 3 heteroatoms. The van der Waals surface area contributed by atoms with Crippen LogP contribution in [0.4, 0.5) is 0 Å². The largest absolute Gasteiger partial charge is 0.463 e. The third-order valence-corrected chi connectivity index (χ3v) is 1.98. The van der Waals surface area contributed by atoms with Gasteiger partial charge in [0.05, 0.1) is 0 Å². The van der Waals surface area contributed by atoms with Crippen LogP contribution in [-0.4, -0.2) is 11.5 Å². The Morgan fingerprint density at radius 3 is 3.08 bits per heavy atom. The molecule has 1 aromatic carbocycles. The number of carbonyl (C=O) groups excluding carboxylic acids is 1. The monoisotopic (exact) mass is 175 g/mol. The van der Waals surface area contributed by atoms with Crippen LogP contribution in [0.2, 0.25) is 0 Å². The fraction of sp³-hybridized carbons (Fsp3) is 0.100. The Hall–Kier alpha value is -1.77. The number of aromatic nitrogens is 1. The van der Waals surface area contributed by atoms with Crippen LogP contribution in [0.1, 0.15) is 5.56 Å². The molecule has 0 saturated carbocycles. The van der Waals surface area contributed by atoms with Crippen molar-refractivity contribution in [3.8, 4) is 0 Å². The first kappa shape index (κ1) is 7.86.